The van der Waals surface area contributed by atoms with E-state index < -0.39 is 0 Å². The molecule has 0 amide bonds. The molecule has 1 aromatic rings. The smallest absolute Gasteiger partial charge is 0.260 e. The highest BCUT2D eigenvalue weighted by Gasteiger charge is 2.12. The molecule has 0 bridgehead atoms. The first-order valence-corrected chi connectivity index (χ1v) is 5.28. The Morgan fingerprint density at radius 2 is 1.88 bits per heavy atom. The van der Waals surface area contributed by atoms with Crippen LogP contribution in [0.3, 0.4) is 0 Å². The molecule has 2 aliphatic rings. The average molecular weight is 226 g/mol. The molecule has 0 aromatic heterocycles. The van der Waals surface area contributed by atoms with Gasteiger partial charge < -0.3 is 4.57 Å². The number of aromatic nitrogens is 2. The molecule has 0 saturated carbocycles. The molecule has 4 nitrogen and oxygen atoms in total. The highest BCUT2D eigenvalue weighted by Crippen LogP contribution is 2.26. The van der Waals surface area contributed by atoms with Gasteiger partial charge in [-0.1, -0.05) is 18.2 Å². The summed E-state index contributed by atoms with van der Waals surface area (Å²) in [6.45, 7) is 0. The predicted molar refractivity (Wildman–Crippen MR) is 66.4 cm³/mol. The minimum absolute atomic E-state index is 0.339. The first-order chi connectivity index (χ1) is 8.16. The molecule has 0 radical (unpaired) electrons. The van der Waals surface area contributed by atoms with Crippen LogP contribution in [0.2, 0.25) is 0 Å². The summed E-state index contributed by atoms with van der Waals surface area (Å²) >= 11 is 0. The van der Waals surface area contributed by atoms with Crippen LogP contribution in [0.15, 0.2) is 46.1 Å². The van der Waals surface area contributed by atoms with Crippen LogP contribution in [-0.4, -0.2) is 9.55 Å². The van der Waals surface area contributed by atoms with Crippen LogP contribution >= 0.6 is 0 Å². The van der Waals surface area contributed by atoms with E-state index in [1.807, 2.05) is 35.9 Å². The van der Waals surface area contributed by atoms with Gasteiger partial charge in [0.1, 0.15) is 0 Å². The topological polar surface area (TPSA) is 54.9 Å². The number of hydrogen-bond donors (Lipinski definition) is 1. The number of benzene rings is 1. The van der Waals surface area contributed by atoms with Gasteiger partial charge in [0.2, 0.25) is 0 Å². The van der Waals surface area contributed by atoms with E-state index in [2.05, 4.69) is 4.98 Å². The summed E-state index contributed by atoms with van der Waals surface area (Å²) in [5, 5.41) is 0.913. The van der Waals surface area contributed by atoms with E-state index in [9.17, 15) is 9.59 Å². The van der Waals surface area contributed by atoms with Gasteiger partial charge in [0.05, 0.1) is 5.56 Å². The number of pyridine rings is 2. The van der Waals surface area contributed by atoms with Crippen molar-refractivity contribution in [1.82, 2.24) is 9.55 Å². The Morgan fingerprint density at radius 1 is 1.12 bits per heavy atom. The Labute approximate surface area is 96.5 Å². The van der Waals surface area contributed by atoms with Crippen LogP contribution in [0.4, 0.5) is 0 Å². The molecule has 0 spiro atoms. The second-order valence-corrected chi connectivity index (χ2v) is 4.05. The third kappa shape index (κ3) is 1.38. The molecule has 0 atom stereocenters. The van der Waals surface area contributed by atoms with Crippen LogP contribution in [0, 0.1) is 0 Å². The maximum absolute atomic E-state index is 11.7. The molecule has 3 rings (SSSR count). The third-order valence-corrected chi connectivity index (χ3v) is 2.94. The lowest BCUT2D eigenvalue weighted by Crippen LogP contribution is -2.21. The second-order valence-electron chi connectivity index (χ2n) is 4.05. The first-order valence-electron chi connectivity index (χ1n) is 5.28. The Bertz CT molecular complexity index is 799. The van der Waals surface area contributed by atoms with Gasteiger partial charge in [-0.15, -0.1) is 0 Å². The molecule has 1 N–H and O–H groups in total. The summed E-state index contributed by atoms with van der Waals surface area (Å²) in [6, 6.07) is 9.17. The van der Waals surface area contributed by atoms with E-state index in [1.54, 1.807) is 6.20 Å². The van der Waals surface area contributed by atoms with E-state index >= 15 is 0 Å². The highest BCUT2D eigenvalue weighted by atomic mass is 16.2. The number of aryl methyl sites for hydroxylation is 1. The Kier molecular flexibility index (Phi) is 1.92. The van der Waals surface area contributed by atoms with E-state index in [4.69, 9.17) is 0 Å². The van der Waals surface area contributed by atoms with Crippen LogP contribution in [0.1, 0.15) is 0 Å². The molecule has 4 heteroatoms. The van der Waals surface area contributed by atoms with Crippen molar-refractivity contribution >= 4 is 10.9 Å². The summed E-state index contributed by atoms with van der Waals surface area (Å²) < 4.78 is 1.89. The monoisotopic (exact) mass is 226 g/mol. The zero-order valence-corrected chi connectivity index (χ0v) is 9.23. The standard InChI is InChI=1S/C13H10N2O2/c1-15-7-10-9(6-12(16)14-13(10)17)8-4-2-3-5-11(8)15/h2-7H,1H3,(H,14,16,17). The van der Waals surface area contributed by atoms with E-state index in [-0.39, 0.29) is 11.1 Å². The zero-order valence-electron chi connectivity index (χ0n) is 9.23. The van der Waals surface area contributed by atoms with Crippen LogP contribution in [-0.2, 0) is 7.05 Å². The second kappa shape index (κ2) is 3.31. The van der Waals surface area contributed by atoms with Gasteiger partial charge in [-0.25, -0.2) is 0 Å². The fourth-order valence-corrected chi connectivity index (χ4v) is 2.17. The van der Waals surface area contributed by atoms with Gasteiger partial charge in [0.15, 0.2) is 0 Å². The number of H-pyrrole nitrogens is 1. The van der Waals surface area contributed by atoms with Gasteiger partial charge in [-0.3, -0.25) is 14.6 Å². The van der Waals surface area contributed by atoms with Crippen molar-refractivity contribution in [1.29, 1.82) is 0 Å². The van der Waals surface area contributed by atoms with Gasteiger partial charge in [-0.2, -0.15) is 0 Å². The van der Waals surface area contributed by atoms with Crippen LogP contribution < -0.4 is 11.1 Å². The fraction of sp³-hybridized carbons (Fsp3) is 0.0769. The van der Waals surface area contributed by atoms with Crippen molar-refractivity contribution in [2.24, 2.45) is 7.05 Å². The molecular formula is C13H10N2O2. The normalized spacial score (nSPS) is 11.1. The molecule has 0 unspecified atom stereocenters. The number of fused-ring (bicyclic) bond motifs is 3. The minimum Gasteiger partial charge on any atom is -0.350 e. The van der Waals surface area contributed by atoms with Gasteiger partial charge in [0.25, 0.3) is 11.1 Å². The third-order valence-electron chi connectivity index (χ3n) is 2.94. The van der Waals surface area contributed by atoms with Crippen LogP contribution in [0.5, 0.6) is 0 Å². The van der Waals surface area contributed by atoms with E-state index in [1.165, 1.54) is 6.07 Å². The summed E-state index contributed by atoms with van der Waals surface area (Å²) in [6.07, 6.45) is 1.75. The van der Waals surface area contributed by atoms with E-state index in [0.717, 1.165) is 10.9 Å². The van der Waals surface area contributed by atoms with Gasteiger partial charge in [-0.05, 0) is 6.07 Å². The molecule has 1 aromatic carbocycles. The molecule has 2 heterocycles. The van der Waals surface area contributed by atoms with E-state index in [0.29, 0.717) is 11.1 Å². The lowest BCUT2D eigenvalue weighted by atomic mass is 10.0. The Hall–Kier alpha value is -2.36. The highest BCUT2D eigenvalue weighted by molar-refractivity contribution is 5.95. The molecule has 84 valence electrons. The number of nitrogens with one attached hydrogen (secondary N) is 1. The maximum atomic E-state index is 11.7. The largest absolute Gasteiger partial charge is 0.350 e. The number of rotatable bonds is 0. The number of aromatic amines is 1. The summed E-state index contributed by atoms with van der Waals surface area (Å²) in [7, 11) is 1.88. The van der Waals surface area contributed by atoms with Gasteiger partial charge >= 0.3 is 0 Å². The Morgan fingerprint density at radius 3 is 2.71 bits per heavy atom. The molecule has 17 heavy (non-hydrogen) atoms. The first kappa shape index (κ1) is 9.84. The average Bonchev–Trinajstić information content (AvgIpc) is 2.31. The SMILES string of the molecule is Cn1cc2c(=O)[nH]c(=O)cc-2c2ccccc21. The quantitative estimate of drug-likeness (QED) is 0.588. The summed E-state index contributed by atoms with van der Waals surface area (Å²) in [4.78, 5) is 25.4. The fourth-order valence-electron chi connectivity index (χ4n) is 2.17. The lowest BCUT2D eigenvalue weighted by Gasteiger charge is -2.12. The molecule has 0 saturated heterocycles. The van der Waals surface area contributed by atoms with Crippen molar-refractivity contribution < 1.29 is 0 Å². The van der Waals surface area contributed by atoms with Crippen molar-refractivity contribution in [3.05, 3.63) is 57.2 Å². The van der Waals surface area contributed by atoms with Crippen molar-refractivity contribution in [2.75, 3.05) is 0 Å². The van der Waals surface area contributed by atoms with Crippen molar-refractivity contribution in [3.8, 4) is 11.1 Å². The molecule has 0 aliphatic carbocycles. The maximum Gasteiger partial charge on any atom is 0.260 e. The molecule has 0 fully saturated rings. The van der Waals surface area contributed by atoms with Crippen molar-refractivity contribution in [3.63, 3.8) is 0 Å². The lowest BCUT2D eigenvalue weighted by molar-refractivity contribution is 0.949. The Balaban J connectivity index is 2.67. The number of nitrogens with zero attached hydrogens (tertiary/aromatic N) is 1. The number of hydrogen-bond acceptors (Lipinski definition) is 2. The summed E-state index contributed by atoms with van der Waals surface area (Å²) in [5.41, 5.74) is 1.53. The molecular weight excluding hydrogens is 216 g/mol. The number of para-hydroxylation sites is 1. The van der Waals surface area contributed by atoms with Gasteiger partial charge in [0, 0.05) is 35.8 Å². The van der Waals surface area contributed by atoms with Crippen molar-refractivity contribution in [2.45, 2.75) is 0 Å². The zero-order chi connectivity index (χ0) is 12.0. The van der Waals surface area contributed by atoms with Crippen LogP contribution in [0.25, 0.3) is 22.0 Å². The summed E-state index contributed by atoms with van der Waals surface area (Å²) in [5.74, 6) is 0. The minimum atomic E-state index is -0.360. The predicted octanol–water partition coefficient (Wildman–Crippen LogP) is 1.33. The molecule has 2 aliphatic heterocycles.